The Hall–Kier alpha value is -2.20. The van der Waals surface area contributed by atoms with Crippen LogP contribution in [0.4, 0.5) is 0 Å². The Morgan fingerprint density at radius 2 is 2.41 bits per heavy atom. The third-order valence-electron chi connectivity index (χ3n) is 2.15. The second kappa shape index (κ2) is 7.14. The molecule has 0 aliphatic heterocycles. The maximum absolute atomic E-state index is 11.1. The number of rotatable bonds is 6. The number of carbonyl (C=O) groups excluding carboxylic acids is 1. The van der Waals surface area contributed by atoms with Gasteiger partial charge in [-0.15, -0.1) is 0 Å². The fourth-order valence-electron chi connectivity index (χ4n) is 1.33. The van der Waals surface area contributed by atoms with E-state index in [9.17, 15) is 4.79 Å². The lowest BCUT2D eigenvalue weighted by Crippen LogP contribution is -2.27. The zero-order chi connectivity index (χ0) is 12.5. The fourth-order valence-corrected chi connectivity index (χ4v) is 1.33. The van der Waals surface area contributed by atoms with Gasteiger partial charge in [0.15, 0.2) is 0 Å². The molecular formula is C11H14N4O2. The minimum atomic E-state index is -0.273. The van der Waals surface area contributed by atoms with E-state index in [-0.39, 0.29) is 12.5 Å². The van der Waals surface area contributed by atoms with Crippen molar-refractivity contribution in [1.29, 1.82) is 0 Å². The number of nitrogens with one attached hydrogen (secondary N) is 1. The predicted octanol–water partition coefficient (Wildman–Crippen LogP) is 1.66. The third-order valence-corrected chi connectivity index (χ3v) is 2.15. The molecule has 0 radical (unpaired) electrons. The van der Waals surface area contributed by atoms with E-state index < -0.39 is 0 Å². The molecule has 0 saturated heterocycles. The van der Waals surface area contributed by atoms with Crippen LogP contribution < -0.4 is 10.1 Å². The molecule has 0 atom stereocenters. The highest BCUT2D eigenvalue weighted by molar-refractivity contribution is 5.78. The minimum Gasteiger partial charge on any atom is -0.497 e. The first-order chi connectivity index (χ1) is 8.26. The predicted molar refractivity (Wildman–Crippen MR) is 63.7 cm³/mol. The minimum absolute atomic E-state index is 0.158. The van der Waals surface area contributed by atoms with Crippen LogP contribution in [0.25, 0.3) is 10.4 Å². The molecule has 0 heterocycles. The van der Waals surface area contributed by atoms with Crippen LogP contribution in [0.5, 0.6) is 5.75 Å². The Morgan fingerprint density at radius 1 is 1.59 bits per heavy atom. The summed E-state index contributed by atoms with van der Waals surface area (Å²) in [6.45, 7) is 0.349. The number of hydrogen-bond acceptors (Lipinski definition) is 3. The summed E-state index contributed by atoms with van der Waals surface area (Å²) < 4.78 is 5.09. The molecule has 17 heavy (non-hydrogen) atoms. The maximum atomic E-state index is 11.1. The number of nitrogens with zero attached hydrogens (tertiary/aromatic N) is 3. The topological polar surface area (TPSA) is 87.1 Å². The lowest BCUT2D eigenvalue weighted by atomic mass is 10.1. The molecular weight excluding hydrogens is 220 g/mol. The summed E-state index contributed by atoms with van der Waals surface area (Å²) in [5.41, 5.74) is 9.12. The van der Waals surface area contributed by atoms with E-state index in [1.807, 2.05) is 24.3 Å². The van der Waals surface area contributed by atoms with Gasteiger partial charge < -0.3 is 10.1 Å². The van der Waals surface area contributed by atoms with Crippen LogP contribution in [0, 0.1) is 0 Å². The highest BCUT2D eigenvalue weighted by Gasteiger charge is 1.99. The molecule has 0 bridgehead atoms. The zero-order valence-electron chi connectivity index (χ0n) is 9.59. The smallest absolute Gasteiger partial charge is 0.225 e. The second-order valence-corrected chi connectivity index (χ2v) is 3.34. The molecule has 0 spiro atoms. The number of carbonyl (C=O) groups is 1. The maximum Gasteiger partial charge on any atom is 0.225 e. The Morgan fingerprint density at radius 3 is 3.12 bits per heavy atom. The van der Waals surface area contributed by atoms with Crippen molar-refractivity contribution in [2.75, 3.05) is 20.2 Å². The molecule has 0 aromatic heterocycles. The molecule has 0 saturated carbocycles. The van der Waals surface area contributed by atoms with Gasteiger partial charge >= 0.3 is 0 Å². The molecule has 1 N–H and O–H groups in total. The van der Waals surface area contributed by atoms with Gasteiger partial charge in [0.05, 0.1) is 7.11 Å². The van der Waals surface area contributed by atoms with Gasteiger partial charge in [0, 0.05) is 11.5 Å². The van der Waals surface area contributed by atoms with Crippen LogP contribution in [0.3, 0.4) is 0 Å². The van der Waals surface area contributed by atoms with Crippen molar-refractivity contribution in [3.63, 3.8) is 0 Å². The van der Waals surface area contributed by atoms with Gasteiger partial charge in [0.2, 0.25) is 5.91 Å². The average Bonchev–Trinajstić information content (AvgIpc) is 2.36. The number of methoxy groups -OCH3 is 1. The molecule has 1 aromatic carbocycles. The molecule has 90 valence electrons. The van der Waals surface area contributed by atoms with Crippen molar-refractivity contribution in [2.24, 2.45) is 5.11 Å². The van der Waals surface area contributed by atoms with E-state index in [1.165, 1.54) is 0 Å². The van der Waals surface area contributed by atoms with E-state index >= 15 is 0 Å². The van der Waals surface area contributed by atoms with Gasteiger partial charge in [-0.05, 0) is 29.6 Å². The first-order valence-corrected chi connectivity index (χ1v) is 5.16. The van der Waals surface area contributed by atoms with E-state index in [0.717, 1.165) is 11.3 Å². The Balaban J connectivity index is 2.35. The molecule has 1 rings (SSSR count). The van der Waals surface area contributed by atoms with Crippen molar-refractivity contribution in [3.8, 4) is 5.75 Å². The van der Waals surface area contributed by atoms with Gasteiger partial charge in [-0.3, -0.25) is 4.79 Å². The molecule has 1 aromatic rings. The lowest BCUT2D eigenvalue weighted by molar-refractivity contribution is -0.119. The van der Waals surface area contributed by atoms with Crippen molar-refractivity contribution in [2.45, 2.75) is 6.42 Å². The van der Waals surface area contributed by atoms with Gasteiger partial charge in [-0.1, -0.05) is 17.2 Å². The number of benzene rings is 1. The van der Waals surface area contributed by atoms with E-state index in [0.29, 0.717) is 13.0 Å². The standard InChI is InChI=1S/C11H14N4O2/c1-17-10-4-2-3-9(7-10)5-6-13-11(16)8-14-15-12/h2-4,7H,5-6,8H2,1H3,(H,13,16). The van der Waals surface area contributed by atoms with Crippen LogP contribution in [0.15, 0.2) is 29.4 Å². The second-order valence-electron chi connectivity index (χ2n) is 3.34. The lowest BCUT2D eigenvalue weighted by Gasteiger charge is -2.05. The van der Waals surface area contributed by atoms with Crippen molar-refractivity contribution >= 4 is 5.91 Å². The summed E-state index contributed by atoms with van der Waals surface area (Å²) in [5, 5.41) is 5.83. The SMILES string of the molecule is COc1cccc(CCNC(=O)CN=[N+]=[N-])c1. The van der Waals surface area contributed by atoms with Crippen molar-refractivity contribution in [1.82, 2.24) is 5.32 Å². The van der Waals surface area contributed by atoms with Gasteiger partial charge in [0.1, 0.15) is 12.3 Å². The molecule has 6 nitrogen and oxygen atoms in total. The molecule has 0 fully saturated rings. The summed E-state index contributed by atoms with van der Waals surface area (Å²) in [4.78, 5) is 13.6. The monoisotopic (exact) mass is 234 g/mol. The van der Waals surface area contributed by atoms with E-state index in [2.05, 4.69) is 15.3 Å². The van der Waals surface area contributed by atoms with Crippen LogP contribution in [0.2, 0.25) is 0 Å². The molecule has 0 aliphatic rings. The number of hydrogen-bond donors (Lipinski definition) is 1. The summed E-state index contributed by atoms with van der Waals surface area (Å²) in [6.07, 6.45) is 0.708. The summed E-state index contributed by atoms with van der Waals surface area (Å²) in [7, 11) is 1.61. The third kappa shape index (κ3) is 4.90. The van der Waals surface area contributed by atoms with Crippen LogP contribution in [0.1, 0.15) is 5.56 Å². The van der Waals surface area contributed by atoms with E-state index in [4.69, 9.17) is 10.3 Å². The molecule has 6 heteroatoms. The molecule has 1 amide bonds. The number of azide groups is 1. The van der Waals surface area contributed by atoms with Crippen LogP contribution >= 0.6 is 0 Å². The molecule has 0 aliphatic carbocycles. The van der Waals surface area contributed by atoms with Gasteiger partial charge in [0.25, 0.3) is 0 Å². The summed E-state index contributed by atoms with van der Waals surface area (Å²) in [5.74, 6) is 0.522. The van der Waals surface area contributed by atoms with E-state index in [1.54, 1.807) is 7.11 Å². The van der Waals surface area contributed by atoms with Gasteiger partial charge in [-0.2, -0.15) is 0 Å². The largest absolute Gasteiger partial charge is 0.497 e. The average molecular weight is 234 g/mol. The summed E-state index contributed by atoms with van der Waals surface area (Å²) >= 11 is 0. The van der Waals surface area contributed by atoms with Crippen LogP contribution in [-0.2, 0) is 11.2 Å². The van der Waals surface area contributed by atoms with Crippen molar-refractivity contribution in [3.05, 3.63) is 40.3 Å². The fraction of sp³-hybridized carbons (Fsp3) is 0.364. The van der Waals surface area contributed by atoms with Crippen molar-refractivity contribution < 1.29 is 9.53 Å². The normalized spacial score (nSPS) is 9.24. The zero-order valence-corrected chi connectivity index (χ0v) is 9.59. The quantitative estimate of drug-likeness (QED) is 0.461. The first-order valence-electron chi connectivity index (χ1n) is 5.16. The first kappa shape index (κ1) is 12.9. The Bertz CT molecular complexity index is 427. The van der Waals surface area contributed by atoms with Gasteiger partial charge in [-0.25, -0.2) is 0 Å². The summed E-state index contributed by atoms with van der Waals surface area (Å²) in [6, 6.07) is 7.64. The highest BCUT2D eigenvalue weighted by Crippen LogP contribution is 2.12. The van der Waals surface area contributed by atoms with Crippen LogP contribution in [-0.4, -0.2) is 26.1 Å². The Kier molecular flexibility index (Phi) is 5.40. The molecule has 0 unspecified atom stereocenters. The Labute approximate surface area is 99.2 Å². The highest BCUT2D eigenvalue weighted by atomic mass is 16.5. The number of ether oxygens (including phenoxy) is 1. The number of amides is 1.